The van der Waals surface area contributed by atoms with E-state index >= 15 is 0 Å². The van der Waals surface area contributed by atoms with Crippen LogP contribution >= 0.6 is 0 Å². The molecule has 0 bridgehead atoms. The average Bonchev–Trinajstić information content (AvgIpc) is 2.39. The van der Waals surface area contributed by atoms with E-state index < -0.39 is 11.7 Å². The Morgan fingerprint density at radius 3 is 2.35 bits per heavy atom. The van der Waals surface area contributed by atoms with E-state index in [9.17, 15) is 18.0 Å². The molecule has 1 amide bonds. The monoisotopic (exact) mass is 288 g/mol. The first kappa shape index (κ1) is 16.5. The molecule has 112 valence electrons. The predicted octanol–water partition coefficient (Wildman–Crippen LogP) is 2.66. The van der Waals surface area contributed by atoms with Crippen LogP contribution in [0.15, 0.2) is 24.3 Å². The summed E-state index contributed by atoms with van der Waals surface area (Å²) in [5, 5.41) is 2.77. The molecule has 0 saturated heterocycles. The first-order valence-corrected chi connectivity index (χ1v) is 6.53. The lowest BCUT2D eigenvalue weighted by Crippen LogP contribution is -2.37. The summed E-state index contributed by atoms with van der Waals surface area (Å²) in [7, 11) is 0. The van der Waals surface area contributed by atoms with Crippen molar-refractivity contribution in [2.75, 3.05) is 19.6 Å². The molecule has 0 aliphatic carbocycles. The zero-order valence-electron chi connectivity index (χ0n) is 11.6. The molecule has 1 N–H and O–H groups in total. The van der Waals surface area contributed by atoms with E-state index in [-0.39, 0.29) is 24.6 Å². The lowest BCUT2D eigenvalue weighted by molar-refractivity contribution is -0.138. The number of alkyl halides is 3. The lowest BCUT2D eigenvalue weighted by Gasteiger charge is -2.19. The minimum absolute atomic E-state index is 0.0166. The van der Waals surface area contributed by atoms with Crippen molar-refractivity contribution in [3.8, 4) is 0 Å². The van der Waals surface area contributed by atoms with Crippen LogP contribution in [0.5, 0.6) is 0 Å². The van der Waals surface area contributed by atoms with Gasteiger partial charge in [-0.2, -0.15) is 13.2 Å². The van der Waals surface area contributed by atoms with E-state index in [1.807, 2.05) is 13.8 Å². The number of halogens is 3. The molecular weight excluding hydrogens is 269 g/mol. The van der Waals surface area contributed by atoms with Crippen molar-refractivity contribution < 1.29 is 18.0 Å². The van der Waals surface area contributed by atoms with Gasteiger partial charge in [0.05, 0.1) is 12.1 Å². The number of nitrogens with zero attached hydrogens (tertiary/aromatic N) is 1. The normalized spacial score (nSPS) is 11.4. The molecule has 6 heteroatoms. The Kier molecular flexibility index (Phi) is 6.01. The van der Waals surface area contributed by atoms with Gasteiger partial charge in [-0.3, -0.25) is 4.79 Å². The van der Waals surface area contributed by atoms with Crippen LogP contribution in [-0.2, 0) is 17.5 Å². The van der Waals surface area contributed by atoms with E-state index in [1.54, 1.807) is 11.0 Å². The Morgan fingerprint density at radius 2 is 1.80 bits per heavy atom. The number of carbonyl (C=O) groups excluding carboxylic acids is 1. The Labute approximate surface area is 116 Å². The standard InChI is InChI=1S/C14H19F3N2O/c1-3-19(4-2)13(20)10-18-9-11-7-5-6-8-12(11)14(15,16)17/h5-8,18H,3-4,9-10H2,1-2H3. The number of carbonyl (C=O) groups is 1. The van der Waals surface area contributed by atoms with E-state index in [0.29, 0.717) is 13.1 Å². The fourth-order valence-electron chi connectivity index (χ4n) is 1.94. The summed E-state index contributed by atoms with van der Waals surface area (Å²) in [6.07, 6.45) is -4.37. The molecule has 0 aromatic heterocycles. The summed E-state index contributed by atoms with van der Waals surface area (Å²) < 4.78 is 38.3. The molecule has 0 fully saturated rings. The van der Waals surface area contributed by atoms with Gasteiger partial charge in [0.1, 0.15) is 0 Å². The van der Waals surface area contributed by atoms with Crippen molar-refractivity contribution in [1.29, 1.82) is 0 Å². The summed E-state index contributed by atoms with van der Waals surface area (Å²) in [6, 6.07) is 5.37. The highest BCUT2D eigenvalue weighted by atomic mass is 19.4. The van der Waals surface area contributed by atoms with E-state index in [0.717, 1.165) is 6.07 Å². The van der Waals surface area contributed by atoms with Gasteiger partial charge in [-0.05, 0) is 25.5 Å². The van der Waals surface area contributed by atoms with Gasteiger partial charge in [0, 0.05) is 19.6 Å². The van der Waals surface area contributed by atoms with Crippen LogP contribution in [0.2, 0.25) is 0 Å². The number of nitrogens with one attached hydrogen (secondary N) is 1. The van der Waals surface area contributed by atoms with E-state index in [1.165, 1.54) is 12.1 Å². The Morgan fingerprint density at radius 1 is 1.20 bits per heavy atom. The Hall–Kier alpha value is -1.56. The van der Waals surface area contributed by atoms with Gasteiger partial charge in [0.2, 0.25) is 5.91 Å². The van der Waals surface area contributed by atoms with Gasteiger partial charge < -0.3 is 10.2 Å². The molecule has 0 saturated carbocycles. The van der Waals surface area contributed by atoms with Crippen LogP contribution in [-0.4, -0.2) is 30.4 Å². The van der Waals surface area contributed by atoms with Crippen molar-refractivity contribution in [1.82, 2.24) is 10.2 Å². The van der Waals surface area contributed by atoms with Crippen molar-refractivity contribution in [2.24, 2.45) is 0 Å². The summed E-state index contributed by atoms with van der Waals surface area (Å²) in [5.74, 6) is -0.112. The van der Waals surface area contributed by atoms with Gasteiger partial charge in [-0.15, -0.1) is 0 Å². The fourth-order valence-corrected chi connectivity index (χ4v) is 1.94. The third kappa shape index (κ3) is 4.52. The molecule has 3 nitrogen and oxygen atoms in total. The minimum atomic E-state index is -4.37. The highest BCUT2D eigenvalue weighted by Crippen LogP contribution is 2.31. The topological polar surface area (TPSA) is 32.3 Å². The predicted molar refractivity (Wildman–Crippen MR) is 71.1 cm³/mol. The largest absolute Gasteiger partial charge is 0.416 e. The highest BCUT2D eigenvalue weighted by molar-refractivity contribution is 5.78. The Balaban J connectivity index is 2.61. The second-order valence-electron chi connectivity index (χ2n) is 4.32. The molecular formula is C14H19F3N2O. The summed E-state index contributed by atoms with van der Waals surface area (Å²) in [6.45, 7) is 4.96. The number of benzene rings is 1. The third-order valence-electron chi connectivity index (χ3n) is 3.03. The summed E-state index contributed by atoms with van der Waals surface area (Å²) in [5.41, 5.74) is -0.518. The van der Waals surface area contributed by atoms with Gasteiger partial charge in [0.25, 0.3) is 0 Å². The van der Waals surface area contributed by atoms with Crippen LogP contribution < -0.4 is 5.32 Å². The molecule has 0 heterocycles. The first-order valence-electron chi connectivity index (χ1n) is 6.53. The molecule has 20 heavy (non-hydrogen) atoms. The maximum absolute atomic E-state index is 12.8. The van der Waals surface area contributed by atoms with E-state index in [4.69, 9.17) is 0 Å². The van der Waals surface area contributed by atoms with Gasteiger partial charge in [-0.25, -0.2) is 0 Å². The minimum Gasteiger partial charge on any atom is -0.342 e. The van der Waals surface area contributed by atoms with Crippen LogP contribution in [0.3, 0.4) is 0 Å². The first-order chi connectivity index (χ1) is 9.40. The zero-order chi connectivity index (χ0) is 15.2. The fraction of sp³-hybridized carbons (Fsp3) is 0.500. The number of likely N-dealkylation sites (N-methyl/N-ethyl adjacent to an activating group) is 1. The Bertz CT molecular complexity index is 442. The molecule has 0 aliphatic rings. The highest BCUT2D eigenvalue weighted by Gasteiger charge is 2.32. The molecule has 1 aromatic rings. The maximum Gasteiger partial charge on any atom is 0.416 e. The summed E-state index contributed by atoms with van der Waals surface area (Å²) >= 11 is 0. The lowest BCUT2D eigenvalue weighted by atomic mass is 10.1. The SMILES string of the molecule is CCN(CC)C(=O)CNCc1ccccc1C(F)(F)F. The quantitative estimate of drug-likeness (QED) is 0.873. The number of amides is 1. The van der Waals surface area contributed by atoms with Crippen molar-refractivity contribution >= 4 is 5.91 Å². The van der Waals surface area contributed by atoms with Crippen molar-refractivity contribution in [3.05, 3.63) is 35.4 Å². The molecule has 1 aromatic carbocycles. The second kappa shape index (κ2) is 7.28. The van der Waals surface area contributed by atoms with Crippen LogP contribution in [0, 0.1) is 0 Å². The van der Waals surface area contributed by atoms with Gasteiger partial charge in [-0.1, -0.05) is 18.2 Å². The third-order valence-corrected chi connectivity index (χ3v) is 3.03. The molecule has 0 aliphatic heterocycles. The van der Waals surface area contributed by atoms with Crippen LogP contribution in [0.25, 0.3) is 0 Å². The van der Waals surface area contributed by atoms with Crippen molar-refractivity contribution in [2.45, 2.75) is 26.6 Å². The smallest absolute Gasteiger partial charge is 0.342 e. The zero-order valence-corrected chi connectivity index (χ0v) is 11.6. The van der Waals surface area contributed by atoms with Gasteiger partial charge >= 0.3 is 6.18 Å². The molecule has 0 unspecified atom stereocenters. The van der Waals surface area contributed by atoms with Crippen LogP contribution in [0.1, 0.15) is 25.0 Å². The number of hydrogen-bond acceptors (Lipinski definition) is 2. The summed E-state index contributed by atoms with van der Waals surface area (Å²) in [4.78, 5) is 13.3. The number of rotatable bonds is 6. The molecule has 0 radical (unpaired) electrons. The molecule has 1 rings (SSSR count). The molecule has 0 atom stereocenters. The van der Waals surface area contributed by atoms with Gasteiger partial charge in [0.15, 0.2) is 0 Å². The maximum atomic E-state index is 12.8. The number of hydrogen-bond donors (Lipinski definition) is 1. The average molecular weight is 288 g/mol. The van der Waals surface area contributed by atoms with Crippen LogP contribution in [0.4, 0.5) is 13.2 Å². The van der Waals surface area contributed by atoms with E-state index in [2.05, 4.69) is 5.32 Å². The van der Waals surface area contributed by atoms with Crippen molar-refractivity contribution in [3.63, 3.8) is 0 Å². The second-order valence-corrected chi connectivity index (χ2v) is 4.32. The molecule has 0 spiro atoms.